The van der Waals surface area contributed by atoms with Gasteiger partial charge in [0, 0.05) is 12.6 Å². The minimum Gasteiger partial charge on any atom is -0.295 e. The van der Waals surface area contributed by atoms with Gasteiger partial charge in [0.1, 0.15) is 11.0 Å². The Kier molecular flexibility index (Phi) is 3.47. The Bertz CT molecular complexity index is 710. The summed E-state index contributed by atoms with van der Waals surface area (Å²) in [5.74, 6) is 0.553. The van der Waals surface area contributed by atoms with E-state index in [1.54, 1.807) is 0 Å². The molecule has 6 nitrogen and oxygen atoms in total. The normalized spacial score (nSPS) is 21.8. The van der Waals surface area contributed by atoms with Gasteiger partial charge in [-0.2, -0.15) is 0 Å². The molecule has 3 rings (SSSR count). The Morgan fingerprint density at radius 2 is 2.25 bits per heavy atom. The van der Waals surface area contributed by atoms with Crippen LogP contribution in [0.3, 0.4) is 0 Å². The van der Waals surface area contributed by atoms with E-state index in [0.29, 0.717) is 18.7 Å². The van der Waals surface area contributed by atoms with E-state index in [0.717, 1.165) is 23.1 Å². The van der Waals surface area contributed by atoms with Crippen LogP contribution in [0, 0.1) is 0 Å². The van der Waals surface area contributed by atoms with Gasteiger partial charge in [0.05, 0.1) is 11.5 Å². The zero-order valence-corrected chi connectivity index (χ0v) is 12.1. The van der Waals surface area contributed by atoms with Crippen LogP contribution < -0.4 is 0 Å². The molecule has 0 radical (unpaired) electrons. The molecule has 1 unspecified atom stereocenters. The first-order chi connectivity index (χ1) is 9.59. The van der Waals surface area contributed by atoms with Crippen LogP contribution in [0.4, 0.5) is 0 Å². The summed E-state index contributed by atoms with van der Waals surface area (Å²) >= 11 is 0. The molecule has 108 valence electrons. The summed E-state index contributed by atoms with van der Waals surface area (Å²) in [6.45, 7) is 3.52. The highest BCUT2D eigenvalue weighted by Crippen LogP contribution is 2.22. The molecule has 0 aliphatic carbocycles. The molecule has 20 heavy (non-hydrogen) atoms. The largest absolute Gasteiger partial charge is 0.295 e. The fourth-order valence-corrected chi connectivity index (χ4v) is 4.53. The molecule has 1 aliphatic rings. The summed E-state index contributed by atoms with van der Waals surface area (Å²) in [5.41, 5.74) is 2.51. The second-order valence-corrected chi connectivity index (χ2v) is 7.40. The third kappa shape index (κ3) is 2.55. The van der Waals surface area contributed by atoms with Crippen LogP contribution in [0.5, 0.6) is 0 Å². The summed E-state index contributed by atoms with van der Waals surface area (Å²) in [6, 6.07) is 5.85. The van der Waals surface area contributed by atoms with Crippen LogP contribution >= 0.6 is 0 Å². The van der Waals surface area contributed by atoms with E-state index in [1.165, 1.54) is 0 Å². The van der Waals surface area contributed by atoms with E-state index < -0.39 is 9.84 Å². The molecule has 2 heterocycles. The average molecular weight is 295 g/mol. The summed E-state index contributed by atoms with van der Waals surface area (Å²) < 4.78 is 28.0. The molecule has 1 aliphatic heterocycles. The Morgan fingerprint density at radius 1 is 1.40 bits per heavy atom. The van der Waals surface area contributed by atoms with E-state index in [9.17, 15) is 8.42 Å². The maximum Gasteiger partial charge on any atom is 0.151 e. The fourth-order valence-electron chi connectivity index (χ4n) is 2.77. The minimum absolute atomic E-state index is 0.0973. The second-order valence-electron chi connectivity index (χ2n) is 5.17. The number of aromatic nitrogens is 2. The van der Waals surface area contributed by atoms with E-state index in [-0.39, 0.29) is 11.8 Å². The van der Waals surface area contributed by atoms with Gasteiger partial charge in [-0.25, -0.2) is 13.0 Å². The lowest BCUT2D eigenvalue weighted by molar-refractivity contribution is 0.215. The molecule has 0 N–H and O–H groups in total. The van der Waals surface area contributed by atoms with Gasteiger partial charge in [-0.15, -0.1) is 0 Å². The topological polar surface area (TPSA) is 76.3 Å². The molecule has 1 fully saturated rings. The lowest BCUT2D eigenvalue weighted by Gasteiger charge is -2.26. The second kappa shape index (κ2) is 5.14. The lowest BCUT2D eigenvalue weighted by atomic mass is 10.1. The average Bonchev–Trinajstić information content (AvgIpc) is 3.02. The van der Waals surface area contributed by atoms with Crippen molar-refractivity contribution in [2.75, 3.05) is 18.1 Å². The first-order valence-electron chi connectivity index (χ1n) is 6.73. The van der Waals surface area contributed by atoms with Gasteiger partial charge >= 0.3 is 0 Å². The van der Waals surface area contributed by atoms with E-state index in [1.807, 2.05) is 25.1 Å². The smallest absolute Gasteiger partial charge is 0.151 e. The molecular formula is C13H17N3O3S. The molecule has 0 spiro atoms. The summed E-state index contributed by atoms with van der Waals surface area (Å²) in [7, 11) is -2.86. The Hall–Kier alpha value is -1.47. The van der Waals surface area contributed by atoms with Crippen molar-refractivity contribution in [1.29, 1.82) is 0 Å². The van der Waals surface area contributed by atoms with Crippen molar-refractivity contribution in [2.24, 2.45) is 0 Å². The van der Waals surface area contributed by atoms with Gasteiger partial charge in [0.25, 0.3) is 0 Å². The third-order valence-electron chi connectivity index (χ3n) is 3.87. The molecule has 7 heteroatoms. The predicted molar refractivity (Wildman–Crippen MR) is 74.9 cm³/mol. The summed E-state index contributed by atoms with van der Waals surface area (Å²) in [4.78, 5) is 2.19. The highest BCUT2D eigenvalue weighted by atomic mass is 32.2. The summed E-state index contributed by atoms with van der Waals surface area (Å²) in [5, 5.41) is 7.76. The molecular weight excluding hydrogens is 278 g/mol. The van der Waals surface area contributed by atoms with Gasteiger partial charge in [0.15, 0.2) is 9.84 Å². The zero-order valence-electron chi connectivity index (χ0n) is 11.3. The van der Waals surface area contributed by atoms with Crippen LogP contribution in [0.1, 0.15) is 18.9 Å². The maximum absolute atomic E-state index is 11.6. The van der Waals surface area contributed by atoms with Crippen LogP contribution in [0.2, 0.25) is 0 Å². The van der Waals surface area contributed by atoms with Crippen molar-refractivity contribution in [3.05, 3.63) is 23.8 Å². The minimum atomic E-state index is -2.86. The van der Waals surface area contributed by atoms with Crippen LogP contribution in [0.25, 0.3) is 11.0 Å². The Balaban J connectivity index is 1.83. The molecule has 0 bridgehead atoms. The van der Waals surface area contributed by atoms with Gasteiger partial charge in [0.2, 0.25) is 0 Å². The lowest BCUT2D eigenvalue weighted by Crippen LogP contribution is -2.35. The van der Waals surface area contributed by atoms with E-state index in [4.69, 9.17) is 4.63 Å². The van der Waals surface area contributed by atoms with Crippen molar-refractivity contribution in [2.45, 2.75) is 25.9 Å². The van der Waals surface area contributed by atoms with E-state index >= 15 is 0 Å². The van der Waals surface area contributed by atoms with Gasteiger partial charge in [-0.3, -0.25) is 4.90 Å². The van der Waals surface area contributed by atoms with Crippen molar-refractivity contribution < 1.29 is 13.0 Å². The Labute approximate surface area is 117 Å². The predicted octanol–water partition coefficient (Wildman–Crippen LogP) is 1.23. The number of sulfone groups is 1. The standard InChI is InChI=1S/C13H17N3O3S/c1-2-16(11-6-7-20(17,18)9-11)8-10-4-3-5-12-13(10)15-19-14-12/h3-5,11H,2,6-9H2,1H3. The SMILES string of the molecule is CCN(Cc1cccc2nonc12)C1CCS(=O)(=O)C1. The zero-order chi connectivity index (χ0) is 14.2. The van der Waals surface area contributed by atoms with Gasteiger partial charge in [-0.1, -0.05) is 19.1 Å². The van der Waals surface area contributed by atoms with Crippen molar-refractivity contribution in [1.82, 2.24) is 15.2 Å². The maximum atomic E-state index is 11.6. The number of fused-ring (bicyclic) bond motifs is 1. The molecule has 1 saturated heterocycles. The van der Waals surface area contributed by atoms with Crippen molar-refractivity contribution >= 4 is 20.9 Å². The fraction of sp³-hybridized carbons (Fsp3) is 0.538. The van der Waals surface area contributed by atoms with Gasteiger partial charge in [-0.05, 0) is 34.9 Å². The van der Waals surface area contributed by atoms with Gasteiger partial charge < -0.3 is 0 Å². The molecule has 0 saturated carbocycles. The number of rotatable bonds is 4. The monoisotopic (exact) mass is 295 g/mol. The molecule has 2 aromatic rings. The highest BCUT2D eigenvalue weighted by Gasteiger charge is 2.31. The number of hydrogen-bond acceptors (Lipinski definition) is 6. The van der Waals surface area contributed by atoms with Crippen molar-refractivity contribution in [3.8, 4) is 0 Å². The first kappa shape index (κ1) is 13.5. The molecule has 1 aromatic carbocycles. The van der Waals surface area contributed by atoms with Crippen LogP contribution in [-0.4, -0.2) is 47.7 Å². The van der Waals surface area contributed by atoms with E-state index in [2.05, 4.69) is 15.2 Å². The number of nitrogens with zero attached hydrogens (tertiary/aromatic N) is 3. The highest BCUT2D eigenvalue weighted by molar-refractivity contribution is 7.91. The summed E-state index contributed by atoms with van der Waals surface area (Å²) in [6.07, 6.45) is 0.712. The third-order valence-corrected chi connectivity index (χ3v) is 5.62. The van der Waals surface area contributed by atoms with Crippen LogP contribution in [-0.2, 0) is 16.4 Å². The number of benzene rings is 1. The molecule has 1 aromatic heterocycles. The quantitative estimate of drug-likeness (QED) is 0.844. The number of hydrogen-bond donors (Lipinski definition) is 0. The van der Waals surface area contributed by atoms with Crippen molar-refractivity contribution in [3.63, 3.8) is 0 Å². The molecule has 1 atom stereocenters. The van der Waals surface area contributed by atoms with Crippen LogP contribution in [0.15, 0.2) is 22.8 Å². The molecule has 0 amide bonds. The Morgan fingerprint density at radius 3 is 2.95 bits per heavy atom. The first-order valence-corrected chi connectivity index (χ1v) is 8.56.